The van der Waals surface area contributed by atoms with E-state index in [2.05, 4.69) is 24.9 Å². The summed E-state index contributed by atoms with van der Waals surface area (Å²) < 4.78 is 1.92. The average Bonchev–Trinajstić information content (AvgIpc) is 2.52. The lowest BCUT2D eigenvalue weighted by Gasteiger charge is -2.10. The quantitative estimate of drug-likeness (QED) is 0.707. The van der Waals surface area contributed by atoms with Crippen LogP contribution in [-0.4, -0.2) is 9.55 Å². The molecule has 0 aliphatic heterocycles. The molecule has 0 amide bonds. The highest BCUT2D eigenvalue weighted by Gasteiger charge is 2.05. The first-order valence-electron chi connectivity index (χ1n) is 4.69. The van der Waals surface area contributed by atoms with Crippen molar-refractivity contribution in [3.8, 4) is 6.07 Å². The Morgan fingerprint density at radius 2 is 2.46 bits per heavy atom. The van der Waals surface area contributed by atoms with E-state index < -0.39 is 0 Å². The lowest BCUT2D eigenvalue weighted by molar-refractivity contribution is 0.443. The number of nitrogens with zero attached hydrogens (tertiary/aromatic N) is 3. The molecule has 70 valence electrons. The number of nitriles is 1. The Bertz CT molecular complexity index is 295. The van der Waals surface area contributed by atoms with E-state index >= 15 is 0 Å². The van der Waals surface area contributed by atoms with Gasteiger partial charge in [0.05, 0.1) is 0 Å². The molecule has 0 bridgehead atoms. The molecule has 0 aromatic carbocycles. The van der Waals surface area contributed by atoms with E-state index in [-0.39, 0.29) is 0 Å². The maximum Gasteiger partial charge on any atom is 0.212 e. The van der Waals surface area contributed by atoms with Crippen molar-refractivity contribution in [1.82, 2.24) is 9.55 Å². The Labute approximate surface area is 79.0 Å². The molecule has 1 unspecified atom stereocenters. The molecule has 1 aromatic rings. The van der Waals surface area contributed by atoms with Gasteiger partial charge in [0.1, 0.15) is 6.07 Å². The predicted molar refractivity (Wildman–Crippen MR) is 51.0 cm³/mol. The highest BCUT2D eigenvalue weighted by Crippen LogP contribution is 2.09. The molecule has 0 saturated heterocycles. The molecule has 0 radical (unpaired) electrons. The summed E-state index contributed by atoms with van der Waals surface area (Å²) in [6.07, 6.45) is 5.93. The van der Waals surface area contributed by atoms with Crippen molar-refractivity contribution in [2.45, 2.75) is 33.2 Å². The first-order chi connectivity index (χ1) is 6.27. The van der Waals surface area contributed by atoms with Gasteiger partial charge < -0.3 is 4.57 Å². The van der Waals surface area contributed by atoms with Crippen LogP contribution in [0, 0.1) is 17.2 Å². The van der Waals surface area contributed by atoms with Gasteiger partial charge in [0, 0.05) is 18.9 Å². The van der Waals surface area contributed by atoms with Gasteiger partial charge in [0.2, 0.25) is 5.82 Å². The second-order valence-corrected chi connectivity index (χ2v) is 3.41. The van der Waals surface area contributed by atoms with Crippen LogP contribution in [0.4, 0.5) is 0 Å². The van der Waals surface area contributed by atoms with Gasteiger partial charge in [-0.2, -0.15) is 5.26 Å². The lowest BCUT2D eigenvalue weighted by Crippen LogP contribution is -2.08. The highest BCUT2D eigenvalue weighted by molar-refractivity contribution is 5.10. The highest BCUT2D eigenvalue weighted by atomic mass is 15.1. The van der Waals surface area contributed by atoms with Crippen LogP contribution in [-0.2, 0) is 6.54 Å². The van der Waals surface area contributed by atoms with Crippen molar-refractivity contribution in [2.24, 2.45) is 5.92 Å². The summed E-state index contributed by atoms with van der Waals surface area (Å²) in [5, 5.41) is 8.72. The van der Waals surface area contributed by atoms with Crippen LogP contribution in [0.15, 0.2) is 12.4 Å². The number of rotatable bonds is 4. The second kappa shape index (κ2) is 4.66. The Morgan fingerprint density at radius 1 is 1.69 bits per heavy atom. The molecule has 0 aliphatic carbocycles. The molecule has 0 saturated carbocycles. The van der Waals surface area contributed by atoms with Crippen LogP contribution in [0.25, 0.3) is 0 Å². The molecule has 0 fully saturated rings. The van der Waals surface area contributed by atoms with Crippen molar-refractivity contribution in [2.75, 3.05) is 0 Å². The third-order valence-electron chi connectivity index (χ3n) is 2.11. The van der Waals surface area contributed by atoms with Crippen LogP contribution in [0.5, 0.6) is 0 Å². The molecular weight excluding hydrogens is 162 g/mol. The van der Waals surface area contributed by atoms with Gasteiger partial charge in [-0.3, -0.25) is 0 Å². The van der Waals surface area contributed by atoms with Gasteiger partial charge in [-0.05, 0) is 12.3 Å². The Morgan fingerprint density at radius 3 is 3.08 bits per heavy atom. The molecule has 13 heavy (non-hydrogen) atoms. The molecule has 0 N–H and O–H groups in total. The zero-order chi connectivity index (χ0) is 9.68. The molecule has 3 heteroatoms. The number of hydrogen-bond acceptors (Lipinski definition) is 2. The van der Waals surface area contributed by atoms with E-state index in [1.54, 1.807) is 6.20 Å². The van der Waals surface area contributed by atoms with Gasteiger partial charge in [-0.25, -0.2) is 4.98 Å². The number of hydrogen-bond donors (Lipinski definition) is 0. The fourth-order valence-electron chi connectivity index (χ4n) is 1.49. The van der Waals surface area contributed by atoms with Gasteiger partial charge in [-0.15, -0.1) is 0 Å². The largest absolute Gasteiger partial charge is 0.322 e. The van der Waals surface area contributed by atoms with Crippen LogP contribution in [0.1, 0.15) is 32.5 Å². The van der Waals surface area contributed by atoms with Gasteiger partial charge in [0.15, 0.2) is 0 Å². The normalized spacial score (nSPS) is 12.4. The maximum absolute atomic E-state index is 8.72. The van der Waals surface area contributed by atoms with Gasteiger partial charge in [0.25, 0.3) is 0 Å². The third kappa shape index (κ3) is 2.59. The van der Waals surface area contributed by atoms with Crippen LogP contribution >= 0.6 is 0 Å². The Kier molecular flexibility index (Phi) is 3.51. The summed E-state index contributed by atoms with van der Waals surface area (Å²) >= 11 is 0. The van der Waals surface area contributed by atoms with E-state index in [9.17, 15) is 0 Å². The molecule has 3 nitrogen and oxygen atoms in total. The van der Waals surface area contributed by atoms with E-state index in [4.69, 9.17) is 5.26 Å². The summed E-state index contributed by atoms with van der Waals surface area (Å²) in [5.74, 6) is 1.13. The van der Waals surface area contributed by atoms with Crippen LogP contribution in [0.3, 0.4) is 0 Å². The first kappa shape index (κ1) is 9.79. The zero-order valence-electron chi connectivity index (χ0n) is 8.20. The summed E-state index contributed by atoms with van der Waals surface area (Å²) in [5.41, 5.74) is 0. The minimum atomic E-state index is 0.517. The van der Waals surface area contributed by atoms with Crippen molar-refractivity contribution in [3.63, 3.8) is 0 Å². The van der Waals surface area contributed by atoms with Crippen LogP contribution < -0.4 is 0 Å². The molecule has 0 aliphatic rings. The fourth-order valence-corrected chi connectivity index (χ4v) is 1.49. The van der Waals surface area contributed by atoms with E-state index in [0.29, 0.717) is 11.7 Å². The average molecular weight is 177 g/mol. The maximum atomic E-state index is 8.72. The standard InChI is InChI=1S/C10H15N3/c1-3-4-9(2)8-13-6-5-12-10(13)7-11/h5-6,9H,3-4,8H2,1-2H3. The summed E-state index contributed by atoms with van der Waals surface area (Å²) in [6, 6.07) is 2.07. The molecule has 1 atom stereocenters. The Hall–Kier alpha value is -1.30. The zero-order valence-corrected chi connectivity index (χ0v) is 8.20. The number of imidazole rings is 1. The minimum absolute atomic E-state index is 0.517. The Balaban J connectivity index is 2.59. The van der Waals surface area contributed by atoms with Crippen molar-refractivity contribution in [1.29, 1.82) is 5.26 Å². The molecule has 1 rings (SSSR count). The number of aromatic nitrogens is 2. The monoisotopic (exact) mass is 177 g/mol. The predicted octanol–water partition coefficient (Wildman–Crippen LogP) is 2.19. The van der Waals surface area contributed by atoms with E-state index in [0.717, 1.165) is 6.54 Å². The van der Waals surface area contributed by atoms with Crippen molar-refractivity contribution >= 4 is 0 Å². The fraction of sp³-hybridized carbons (Fsp3) is 0.600. The van der Waals surface area contributed by atoms with E-state index in [1.165, 1.54) is 12.8 Å². The summed E-state index contributed by atoms with van der Waals surface area (Å²) in [6.45, 7) is 5.27. The SMILES string of the molecule is CCCC(C)Cn1ccnc1C#N. The molecule has 1 aromatic heterocycles. The minimum Gasteiger partial charge on any atom is -0.322 e. The lowest BCUT2D eigenvalue weighted by atomic mass is 10.1. The van der Waals surface area contributed by atoms with Crippen molar-refractivity contribution in [3.05, 3.63) is 18.2 Å². The molecule has 0 spiro atoms. The summed E-state index contributed by atoms with van der Waals surface area (Å²) in [7, 11) is 0. The van der Waals surface area contributed by atoms with Crippen LogP contribution in [0.2, 0.25) is 0 Å². The molecular formula is C10H15N3. The van der Waals surface area contributed by atoms with Gasteiger partial charge in [-0.1, -0.05) is 20.3 Å². The first-order valence-corrected chi connectivity index (χ1v) is 4.69. The smallest absolute Gasteiger partial charge is 0.212 e. The second-order valence-electron chi connectivity index (χ2n) is 3.41. The van der Waals surface area contributed by atoms with Gasteiger partial charge >= 0.3 is 0 Å². The summed E-state index contributed by atoms with van der Waals surface area (Å²) in [4.78, 5) is 3.95. The molecule has 1 heterocycles. The van der Waals surface area contributed by atoms with E-state index in [1.807, 2.05) is 10.8 Å². The topological polar surface area (TPSA) is 41.6 Å². The van der Waals surface area contributed by atoms with Crippen molar-refractivity contribution < 1.29 is 0 Å². The third-order valence-corrected chi connectivity index (χ3v) is 2.11.